The molecule has 0 fully saturated rings. The van der Waals surface area contributed by atoms with E-state index in [1.54, 1.807) is 0 Å². The summed E-state index contributed by atoms with van der Waals surface area (Å²) in [7, 11) is 0. The van der Waals surface area contributed by atoms with Crippen LogP contribution in [-0.2, 0) is 0 Å². The molecule has 0 amide bonds. The molecule has 0 aliphatic heterocycles. The van der Waals surface area contributed by atoms with E-state index in [0.717, 1.165) is 29.7 Å². The summed E-state index contributed by atoms with van der Waals surface area (Å²) in [5.74, 6) is 0.563. The molecule has 3 rings (SSSR count). The van der Waals surface area contributed by atoms with E-state index < -0.39 is 0 Å². The van der Waals surface area contributed by atoms with Gasteiger partial charge in [-0.2, -0.15) is 0 Å². The van der Waals surface area contributed by atoms with Crippen molar-refractivity contribution in [1.29, 1.82) is 0 Å². The molecule has 1 unspecified atom stereocenters. The summed E-state index contributed by atoms with van der Waals surface area (Å²) in [4.78, 5) is 15.1. The van der Waals surface area contributed by atoms with Gasteiger partial charge in [-0.05, 0) is 18.4 Å². The van der Waals surface area contributed by atoms with E-state index in [1.165, 1.54) is 0 Å². The summed E-state index contributed by atoms with van der Waals surface area (Å²) in [6.45, 7) is 2.21. The summed E-state index contributed by atoms with van der Waals surface area (Å²) in [5.41, 5.74) is 3.77. The van der Waals surface area contributed by atoms with Crippen LogP contribution in [0.15, 0.2) is 55.0 Å². The van der Waals surface area contributed by atoms with Crippen LogP contribution in [0.3, 0.4) is 0 Å². The van der Waals surface area contributed by atoms with Crippen molar-refractivity contribution in [2.24, 2.45) is 5.92 Å². The highest BCUT2D eigenvalue weighted by atomic mass is 16.1. The quantitative estimate of drug-likeness (QED) is 0.790. The average Bonchev–Trinajstić information content (AvgIpc) is 2.97. The first kappa shape index (κ1) is 12.6. The fraction of sp³-hybridized carbons (Fsp3) is 0.176. The van der Waals surface area contributed by atoms with Gasteiger partial charge in [0, 0.05) is 23.0 Å². The Balaban J connectivity index is 1.89. The van der Waals surface area contributed by atoms with Gasteiger partial charge in [-0.25, -0.2) is 4.98 Å². The van der Waals surface area contributed by atoms with E-state index in [4.69, 9.17) is 0 Å². The maximum Gasteiger partial charge on any atom is 0.150 e. The van der Waals surface area contributed by atoms with Crippen molar-refractivity contribution in [2.45, 2.75) is 13.3 Å². The van der Waals surface area contributed by atoms with E-state index >= 15 is 0 Å². The third-order valence-electron chi connectivity index (χ3n) is 3.48. The van der Waals surface area contributed by atoms with E-state index in [-0.39, 0.29) is 0 Å². The number of nitrogens with zero attached hydrogens (tertiary/aromatic N) is 2. The Kier molecular flexibility index (Phi) is 3.33. The number of benzene rings is 1. The summed E-state index contributed by atoms with van der Waals surface area (Å²) >= 11 is 0. The van der Waals surface area contributed by atoms with Gasteiger partial charge in [0.05, 0.1) is 12.0 Å². The number of imidazole rings is 1. The number of hydrogen-bond acceptors (Lipinski definition) is 2. The highest BCUT2D eigenvalue weighted by molar-refractivity contribution is 5.76. The van der Waals surface area contributed by atoms with Gasteiger partial charge in [0.1, 0.15) is 6.29 Å². The molecule has 0 saturated heterocycles. The van der Waals surface area contributed by atoms with Crippen molar-refractivity contribution >= 4 is 12.0 Å². The second-order valence-electron chi connectivity index (χ2n) is 5.11. The molecule has 0 spiro atoms. The maximum atomic E-state index is 10.7. The molecule has 0 N–H and O–H groups in total. The largest absolute Gasteiger partial charge is 0.306 e. The lowest BCUT2D eigenvalue weighted by Crippen LogP contribution is -1.99. The van der Waals surface area contributed by atoms with Gasteiger partial charge in [0.2, 0.25) is 0 Å². The van der Waals surface area contributed by atoms with Crippen molar-refractivity contribution < 1.29 is 4.79 Å². The summed E-state index contributed by atoms with van der Waals surface area (Å²) in [5, 5.41) is 0. The van der Waals surface area contributed by atoms with Gasteiger partial charge < -0.3 is 4.57 Å². The number of hydrogen-bond donors (Lipinski definition) is 0. The zero-order valence-electron chi connectivity index (χ0n) is 11.4. The zero-order valence-corrected chi connectivity index (χ0v) is 11.4. The van der Waals surface area contributed by atoms with Gasteiger partial charge in [-0.15, -0.1) is 0 Å². The highest BCUT2D eigenvalue weighted by Gasteiger charge is 2.08. The number of allylic oxidation sites excluding steroid dienone is 4. The minimum absolute atomic E-state index is 0.563. The van der Waals surface area contributed by atoms with Crippen molar-refractivity contribution in [3.63, 3.8) is 0 Å². The zero-order chi connectivity index (χ0) is 13.9. The molecule has 1 heterocycles. The van der Waals surface area contributed by atoms with E-state index in [2.05, 4.69) is 30.1 Å². The number of carbonyl (C=O) groups excluding carboxylic acids is 1. The molecule has 1 aliphatic carbocycles. The average molecular weight is 264 g/mol. The molecule has 1 aromatic carbocycles. The molecular weight excluding hydrogens is 248 g/mol. The Labute approximate surface area is 118 Å². The normalized spacial score (nSPS) is 17.9. The molecule has 20 heavy (non-hydrogen) atoms. The molecule has 0 radical (unpaired) electrons. The van der Waals surface area contributed by atoms with Gasteiger partial charge in [-0.3, -0.25) is 4.79 Å². The Morgan fingerprint density at radius 1 is 1.30 bits per heavy atom. The molecule has 100 valence electrons. The lowest BCUT2D eigenvalue weighted by Gasteiger charge is -2.12. The topological polar surface area (TPSA) is 34.9 Å². The monoisotopic (exact) mass is 264 g/mol. The summed E-state index contributed by atoms with van der Waals surface area (Å²) in [6.07, 6.45) is 12.4. The van der Waals surface area contributed by atoms with Crippen LogP contribution in [0.1, 0.15) is 23.7 Å². The lowest BCUT2D eigenvalue weighted by atomic mass is 10.0. The van der Waals surface area contributed by atoms with Crippen LogP contribution >= 0.6 is 0 Å². The van der Waals surface area contributed by atoms with E-state index in [1.807, 2.05) is 41.4 Å². The first-order valence-electron chi connectivity index (χ1n) is 6.74. The van der Waals surface area contributed by atoms with Crippen molar-refractivity contribution in [1.82, 2.24) is 9.55 Å². The van der Waals surface area contributed by atoms with Crippen LogP contribution < -0.4 is 0 Å². The molecular formula is C17H16N2O. The predicted molar refractivity (Wildman–Crippen MR) is 80.2 cm³/mol. The van der Waals surface area contributed by atoms with E-state index in [9.17, 15) is 4.79 Å². The smallest absolute Gasteiger partial charge is 0.150 e. The van der Waals surface area contributed by atoms with Gasteiger partial charge >= 0.3 is 0 Å². The van der Waals surface area contributed by atoms with Crippen LogP contribution in [0.5, 0.6) is 0 Å². The Bertz CT molecular complexity index is 677. The summed E-state index contributed by atoms with van der Waals surface area (Å²) < 4.78 is 2.04. The van der Waals surface area contributed by atoms with Gasteiger partial charge in [0.15, 0.2) is 0 Å². The Morgan fingerprint density at radius 3 is 2.80 bits per heavy atom. The van der Waals surface area contributed by atoms with Gasteiger partial charge in [-0.1, -0.05) is 43.3 Å². The highest BCUT2D eigenvalue weighted by Crippen LogP contribution is 2.23. The SMILES string of the molecule is CC1C=C(n2cnc(-c3ccc(C=O)cc3)c2)C=CC1. The second kappa shape index (κ2) is 5.29. The first-order valence-corrected chi connectivity index (χ1v) is 6.74. The van der Waals surface area contributed by atoms with Crippen molar-refractivity contribution in [2.75, 3.05) is 0 Å². The van der Waals surface area contributed by atoms with Crippen molar-refractivity contribution in [3.05, 3.63) is 60.6 Å². The summed E-state index contributed by atoms with van der Waals surface area (Å²) in [6, 6.07) is 7.46. The van der Waals surface area contributed by atoms with Crippen molar-refractivity contribution in [3.8, 4) is 11.3 Å². The molecule has 0 bridgehead atoms. The third kappa shape index (κ3) is 2.48. The molecule has 3 heteroatoms. The van der Waals surface area contributed by atoms with Crippen LogP contribution in [0.4, 0.5) is 0 Å². The number of rotatable bonds is 3. The minimum atomic E-state index is 0.563. The molecule has 1 aliphatic rings. The van der Waals surface area contributed by atoms with Crippen LogP contribution in [0.2, 0.25) is 0 Å². The lowest BCUT2D eigenvalue weighted by molar-refractivity contribution is 0.112. The molecule has 1 aromatic heterocycles. The third-order valence-corrected chi connectivity index (χ3v) is 3.48. The van der Waals surface area contributed by atoms with Gasteiger partial charge in [0.25, 0.3) is 0 Å². The molecule has 1 atom stereocenters. The number of aromatic nitrogens is 2. The van der Waals surface area contributed by atoms with Crippen LogP contribution in [0.25, 0.3) is 17.0 Å². The standard InChI is InChI=1S/C17H16N2O/c1-13-3-2-4-16(9-13)19-10-17(18-12-19)15-7-5-14(11-20)6-8-15/h2,4-13H,3H2,1H3. The Hall–Kier alpha value is -2.42. The number of aldehydes is 1. The predicted octanol–water partition coefficient (Wildman–Crippen LogP) is 3.80. The number of carbonyl (C=O) groups is 1. The van der Waals surface area contributed by atoms with Crippen LogP contribution in [-0.4, -0.2) is 15.8 Å². The minimum Gasteiger partial charge on any atom is -0.306 e. The Morgan fingerprint density at radius 2 is 2.10 bits per heavy atom. The van der Waals surface area contributed by atoms with Crippen LogP contribution in [0, 0.1) is 5.92 Å². The fourth-order valence-electron chi connectivity index (χ4n) is 2.34. The molecule has 0 saturated carbocycles. The maximum absolute atomic E-state index is 10.7. The van der Waals surface area contributed by atoms with E-state index in [0.29, 0.717) is 11.5 Å². The molecule has 2 aromatic rings. The fourth-order valence-corrected chi connectivity index (χ4v) is 2.34. The molecule has 3 nitrogen and oxygen atoms in total. The second-order valence-corrected chi connectivity index (χ2v) is 5.11. The first-order chi connectivity index (χ1) is 9.76.